The predicted octanol–water partition coefficient (Wildman–Crippen LogP) is 1.26. The lowest BCUT2D eigenvalue weighted by Crippen LogP contribution is -2.50. The molecule has 1 aromatic carbocycles. The van der Waals surface area contributed by atoms with Crippen molar-refractivity contribution in [2.45, 2.75) is 5.66 Å². The molecular formula is C12H12N2O. The second kappa shape index (κ2) is 4.00. The van der Waals surface area contributed by atoms with E-state index in [-0.39, 0.29) is 0 Å². The summed E-state index contributed by atoms with van der Waals surface area (Å²) in [4.78, 5) is 10.6. The number of carbonyl (C=O) groups excluding carboxylic acids is 1. The molecule has 1 atom stereocenters. The van der Waals surface area contributed by atoms with Gasteiger partial charge in [0.15, 0.2) is 5.66 Å². The first-order valence-electron chi connectivity index (χ1n) is 4.76. The molecule has 2 N–H and O–H groups in total. The van der Waals surface area contributed by atoms with Crippen molar-refractivity contribution in [2.75, 3.05) is 0 Å². The molecule has 0 fully saturated rings. The molecule has 0 bridgehead atoms. The third-order valence-corrected chi connectivity index (χ3v) is 2.38. The van der Waals surface area contributed by atoms with Crippen molar-refractivity contribution in [3.63, 3.8) is 0 Å². The van der Waals surface area contributed by atoms with Gasteiger partial charge < -0.3 is 10.6 Å². The molecule has 76 valence electrons. The van der Waals surface area contributed by atoms with E-state index in [9.17, 15) is 4.79 Å². The molecule has 0 radical (unpaired) electrons. The van der Waals surface area contributed by atoms with Gasteiger partial charge in [-0.2, -0.15) is 0 Å². The van der Waals surface area contributed by atoms with Crippen LogP contribution in [0.3, 0.4) is 0 Å². The molecule has 0 aliphatic carbocycles. The lowest BCUT2D eigenvalue weighted by Gasteiger charge is -2.32. The second-order valence-corrected chi connectivity index (χ2v) is 3.30. The molecule has 15 heavy (non-hydrogen) atoms. The Bertz CT molecular complexity index is 393. The molecule has 1 amide bonds. The molecule has 1 aliphatic heterocycles. The van der Waals surface area contributed by atoms with Crippen LogP contribution in [-0.2, 0) is 10.5 Å². The Labute approximate surface area is 88.5 Å². The van der Waals surface area contributed by atoms with Crippen LogP contribution in [0.2, 0.25) is 0 Å². The number of allylic oxidation sites excluding steroid dienone is 2. The van der Waals surface area contributed by atoms with Gasteiger partial charge in [-0.05, 0) is 18.4 Å². The number of hydrogen-bond donors (Lipinski definition) is 2. The number of amides is 1. The molecule has 2 rings (SSSR count). The van der Waals surface area contributed by atoms with Crippen molar-refractivity contribution in [1.29, 1.82) is 0 Å². The predicted molar refractivity (Wildman–Crippen MR) is 58.7 cm³/mol. The highest BCUT2D eigenvalue weighted by Crippen LogP contribution is 2.21. The fourth-order valence-corrected chi connectivity index (χ4v) is 1.63. The Morgan fingerprint density at radius 3 is 2.60 bits per heavy atom. The van der Waals surface area contributed by atoms with Crippen LogP contribution in [0.15, 0.2) is 54.8 Å². The first kappa shape index (κ1) is 9.52. The van der Waals surface area contributed by atoms with E-state index < -0.39 is 5.66 Å². The molecule has 0 spiro atoms. The Hall–Kier alpha value is -2.03. The van der Waals surface area contributed by atoms with Crippen LogP contribution >= 0.6 is 0 Å². The summed E-state index contributed by atoms with van der Waals surface area (Å²) in [7, 11) is 0. The van der Waals surface area contributed by atoms with E-state index in [2.05, 4.69) is 10.6 Å². The number of dihydropyridines is 1. The molecule has 0 saturated heterocycles. The highest BCUT2D eigenvalue weighted by atomic mass is 16.1. The van der Waals surface area contributed by atoms with E-state index in [0.717, 1.165) is 5.56 Å². The van der Waals surface area contributed by atoms with Crippen LogP contribution < -0.4 is 10.6 Å². The number of benzene rings is 1. The number of rotatable bonds is 3. The van der Waals surface area contributed by atoms with Gasteiger partial charge in [-0.25, -0.2) is 0 Å². The zero-order valence-electron chi connectivity index (χ0n) is 8.18. The molecule has 0 saturated carbocycles. The van der Waals surface area contributed by atoms with Gasteiger partial charge in [0.05, 0.1) is 0 Å². The first-order valence-corrected chi connectivity index (χ1v) is 4.76. The van der Waals surface area contributed by atoms with Crippen LogP contribution in [0.25, 0.3) is 0 Å². The van der Waals surface area contributed by atoms with Crippen LogP contribution in [0.1, 0.15) is 5.56 Å². The van der Waals surface area contributed by atoms with Crippen LogP contribution in [-0.4, -0.2) is 6.41 Å². The largest absolute Gasteiger partial charge is 0.362 e. The van der Waals surface area contributed by atoms with Gasteiger partial charge in [0.1, 0.15) is 0 Å². The minimum atomic E-state index is -0.613. The zero-order valence-corrected chi connectivity index (χ0v) is 8.18. The van der Waals surface area contributed by atoms with E-state index in [1.54, 1.807) is 0 Å². The van der Waals surface area contributed by atoms with E-state index in [0.29, 0.717) is 6.41 Å². The van der Waals surface area contributed by atoms with Crippen LogP contribution in [0.4, 0.5) is 0 Å². The number of hydrogen-bond acceptors (Lipinski definition) is 2. The Balaban J connectivity index is 2.39. The molecular weight excluding hydrogens is 188 g/mol. The summed E-state index contributed by atoms with van der Waals surface area (Å²) >= 11 is 0. The SMILES string of the molecule is O=CNC1(c2ccccc2)C=CC=CN1. The van der Waals surface area contributed by atoms with Crippen molar-refractivity contribution in [3.05, 3.63) is 60.3 Å². The van der Waals surface area contributed by atoms with Crippen molar-refractivity contribution in [2.24, 2.45) is 0 Å². The summed E-state index contributed by atoms with van der Waals surface area (Å²) in [6.07, 6.45) is 8.21. The highest BCUT2D eigenvalue weighted by Gasteiger charge is 2.27. The third kappa shape index (κ3) is 1.76. The highest BCUT2D eigenvalue weighted by molar-refractivity contribution is 5.51. The minimum absolute atomic E-state index is 0.613. The van der Waals surface area contributed by atoms with Gasteiger partial charge >= 0.3 is 0 Å². The van der Waals surface area contributed by atoms with Crippen molar-refractivity contribution in [3.8, 4) is 0 Å². The smallest absolute Gasteiger partial charge is 0.209 e. The second-order valence-electron chi connectivity index (χ2n) is 3.30. The van der Waals surface area contributed by atoms with Gasteiger partial charge in [-0.15, -0.1) is 0 Å². The molecule has 1 unspecified atom stereocenters. The molecule has 3 nitrogen and oxygen atoms in total. The maximum absolute atomic E-state index is 10.6. The molecule has 0 aromatic heterocycles. The van der Waals surface area contributed by atoms with Gasteiger partial charge in [0.2, 0.25) is 6.41 Å². The maximum Gasteiger partial charge on any atom is 0.209 e. The minimum Gasteiger partial charge on any atom is -0.362 e. The fraction of sp³-hybridized carbons (Fsp3) is 0.0833. The van der Waals surface area contributed by atoms with E-state index in [4.69, 9.17) is 0 Å². The topological polar surface area (TPSA) is 41.1 Å². The summed E-state index contributed by atoms with van der Waals surface area (Å²) in [5, 5.41) is 5.92. The molecule has 1 aliphatic rings. The quantitative estimate of drug-likeness (QED) is 0.721. The van der Waals surface area contributed by atoms with Crippen molar-refractivity contribution in [1.82, 2.24) is 10.6 Å². The lowest BCUT2D eigenvalue weighted by atomic mass is 9.97. The van der Waals surface area contributed by atoms with E-state index >= 15 is 0 Å². The van der Waals surface area contributed by atoms with E-state index in [1.165, 1.54) is 0 Å². The Morgan fingerprint density at radius 1 is 1.20 bits per heavy atom. The maximum atomic E-state index is 10.6. The Kier molecular flexibility index (Phi) is 2.54. The average molecular weight is 200 g/mol. The number of carbonyl (C=O) groups is 1. The lowest BCUT2D eigenvalue weighted by molar-refractivity contribution is -0.111. The van der Waals surface area contributed by atoms with E-state index in [1.807, 2.05) is 54.8 Å². The molecule has 1 heterocycles. The normalized spacial score (nSPS) is 23.2. The zero-order chi connectivity index (χ0) is 10.6. The summed E-state index contributed by atoms with van der Waals surface area (Å²) < 4.78 is 0. The van der Waals surface area contributed by atoms with Crippen LogP contribution in [0.5, 0.6) is 0 Å². The van der Waals surface area contributed by atoms with Gasteiger partial charge in [0.25, 0.3) is 0 Å². The first-order chi connectivity index (χ1) is 7.37. The standard InChI is InChI=1S/C12H12N2O/c15-10-14-12(8-4-5-9-13-12)11-6-2-1-3-7-11/h1-10,13H,(H,14,15). The van der Waals surface area contributed by atoms with Gasteiger partial charge in [-0.3, -0.25) is 4.79 Å². The summed E-state index contributed by atoms with van der Waals surface area (Å²) in [5.74, 6) is 0. The molecule has 3 heteroatoms. The third-order valence-electron chi connectivity index (χ3n) is 2.38. The van der Waals surface area contributed by atoms with Gasteiger partial charge in [-0.1, -0.05) is 36.4 Å². The fourth-order valence-electron chi connectivity index (χ4n) is 1.63. The summed E-state index contributed by atoms with van der Waals surface area (Å²) in [6.45, 7) is 0. The number of nitrogens with one attached hydrogen (secondary N) is 2. The average Bonchev–Trinajstić information content (AvgIpc) is 2.32. The van der Waals surface area contributed by atoms with Gasteiger partial charge in [0, 0.05) is 5.56 Å². The monoisotopic (exact) mass is 200 g/mol. The van der Waals surface area contributed by atoms with Crippen LogP contribution in [0, 0.1) is 0 Å². The Morgan fingerprint density at radius 2 is 2.00 bits per heavy atom. The molecule has 1 aromatic rings. The summed E-state index contributed by atoms with van der Waals surface area (Å²) in [5.41, 5.74) is 0.385. The van der Waals surface area contributed by atoms with Crippen molar-refractivity contribution < 1.29 is 4.79 Å². The van der Waals surface area contributed by atoms with Crippen molar-refractivity contribution >= 4 is 6.41 Å². The summed E-state index contributed by atoms with van der Waals surface area (Å²) in [6, 6.07) is 9.76.